The van der Waals surface area contributed by atoms with Crippen LogP contribution in [0.5, 0.6) is 0 Å². The van der Waals surface area contributed by atoms with Crippen LogP contribution in [0.3, 0.4) is 0 Å². The fraction of sp³-hybridized carbons (Fsp3) is 0. The molecule has 3 heteroatoms. The van der Waals surface area contributed by atoms with Crippen molar-refractivity contribution in [3.63, 3.8) is 0 Å². The van der Waals surface area contributed by atoms with Gasteiger partial charge in [0.05, 0.1) is 10.8 Å². The van der Waals surface area contributed by atoms with E-state index in [9.17, 15) is 4.39 Å². The first-order valence-corrected chi connectivity index (χ1v) is 6.74. The Morgan fingerprint density at radius 1 is 0.619 bits per heavy atom. The Kier molecular flexibility index (Phi) is 1.89. The van der Waals surface area contributed by atoms with E-state index in [0.717, 1.165) is 16.4 Å². The van der Waals surface area contributed by atoms with E-state index < -0.39 is 0 Å². The first-order chi connectivity index (χ1) is 10.3. The van der Waals surface area contributed by atoms with Gasteiger partial charge in [0.25, 0.3) is 0 Å². The Morgan fingerprint density at radius 3 is 2.38 bits per heavy atom. The number of hydrogen-bond acceptors (Lipinski definition) is 2. The molecule has 0 atom stereocenters. The molecule has 0 saturated heterocycles. The van der Waals surface area contributed by atoms with Crippen LogP contribution in [0.4, 0.5) is 4.39 Å². The van der Waals surface area contributed by atoms with E-state index in [-0.39, 0.29) is 5.82 Å². The summed E-state index contributed by atoms with van der Waals surface area (Å²) in [4.78, 5) is 0. The van der Waals surface area contributed by atoms with Crippen LogP contribution in [0, 0.1) is 5.82 Å². The molecule has 0 spiro atoms. The van der Waals surface area contributed by atoms with Gasteiger partial charge in [-0.25, -0.2) is 4.39 Å². The summed E-state index contributed by atoms with van der Waals surface area (Å²) in [6.07, 6.45) is 0. The van der Waals surface area contributed by atoms with Crippen molar-refractivity contribution in [1.29, 1.82) is 0 Å². The topological polar surface area (TPSA) is 26.3 Å². The molecule has 0 aliphatic heterocycles. The van der Waals surface area contributed by atoms with Gasteiger partial charge in [0.2, 0.25) is 0 Å². The molecule has 0 radical (unpaired) electrons. The third-order valence-electron chi connectivity index (χ3n) is 3.95. The monoisotopic (exact) mass is 276 g/mol. The van der Waals surface area contributed by atoms with Crippen molar-refractivity contribution < 1.29 is 13.2 Å². The molecule has 100 valence electrons. The molecule has 21 heavy (non-hydrogen) atoms. The van der Waals surface area contributed by atoms with E-state index in [2.05, 4.69) is 0 Å². The standard InChI is InChI=1S/C18H9FO2/c19-12-5-3-7-14-16(12)17-15(20-14)9-8-11-10-4-1-2-6-13(10)21-18(11)17/h1-9H. The summed E-state index contributed by atoms with van der Waals surface area (Å²) in [7, 11) is 0. The molecule has 0 aliphatic carbocycles. The van der Waals surface area contributed by atoms with Gasteiger partial charge >= 0.3 is 0 Å². The smallest absolute Gasteiger partial charge is 0.147 e. The highest BCUT2D eigenvalue weighted by molar-refractivity contribution is 6.21. The lowest BCUT2D eigenvalue weighted by molar-refractivity contribution is 0.634. The molecule has 2 nitrogen and oxygen atoms in total. The fourth-order valence-corrected chi connectivity index (χ4v) is 3.04. The van der Waals surface area contributed by atoms with Crippen molar-refractivity contribution in [1.82, 2.24) is 0 Å². The second-order valence-electron chi connectivity index (χ2n) is 5.13. The lowest BCUT2D eigenvalue weighted by Gasteiger charge is -1.93. The Balaban J connectivity index is 2.15. The SMILES string of the molecule is Fc1cccc2oc3ccc4c5ccccc5oc4c3c12. The number of fused-ring (bicyclic) bond motifs is 7. The first-order valence-electron chi connectivity index (χ1n) is 6.74. The van der Waals surface area contributed by atoms with E-state index in [0.29, 0.717) is 27.5 Å². The van der Waals surface area contributed by atoms with Crippen LogP contribution >= 0.6 is 0 Å². The van der Waals surface area contributed by atoms with Gasteiger partial charge in [-0.2, -0.15) is 0 Å². The van der Waals surface area contributed by atoms with Crippen molar-refractivity contribution in [2.45, 2.75) is 0 Å². The van der Waals surface area contributed by atoms with Crippen molar-refractivity contribution in [2.24, 2.45) is 0 Å². The Labute approximate surface area is 118 Å². The number of rotatable bonds is 0. The van der Waals surface area contributed by atoms with Crippen molar-refractivity contribution in [2.75, 3.05) is 0 Å². The van der Waals surface area contributed by atoms with E-state index in [1.807, 2.05) is 36.4 Å². The van der Waals surface area contributed by atoms with Gasteiger partial charge in [-0.1, -0.05) is 24.3 Å². The highest BCUT2D eigenvalue weighted by Gasteiger charge is 2.17. The van der Waals surface area contributed by atoms with Gasteiger partial charge in [0.1, 0.15) is 28.1 Å². The highest BCUT2D eigenvalue weighted by Crippen LogP contribution is 2.39. The molecule has 5 rings (SSSR count). The van der Waals surface area contributed by atoms with Crippen LogP contribution < -0.4 is 0 Å². The number of furan rings is 2. The fourth-order valence-electron chi connectivity index (χ4n) is 3.04. The molecule has 3 aromatic carbocycles. The lowest BCUT2D eigenvalue weighted by Crippen LogP contribution is -1.75. The predicted molar refractivity (Wildman–Crippen MR) is 81.0 cm³/mol. The van der Waals surface area contributed by atoms with Gasteiger partial charge in [0, 0.05) is 10.8 Å². The maximum absolute atomic E-state index is 14.2. The molecular weight excluding hydrogens is 267 g/mol. The number of hydrogen-bond donors (Lipinski definition) is 0. The van der Waals surface area contributed by atoms with E-state index in [1.165, 1.54) is 6.07 Å². The zero-order chi connectivity index (χ0) is 14.0. The minimum atomic E-state index is -0.292. The first kappa shape index (κ1) is 10.9. The molecule has 0 aliphatic rings. The zero-order valence-electron chi connectivity index (χ0n) is 10.9. The average Bonchev–Trinajstić information content (AvgIpc) is 3.05. The van der Waals surface area contributed by atoms with Crippen LogP contribution in [0.15, 0.2) is 63.4 Å². The van der Waals surface area contributed by atoms with Crippen LogP contribution in [0.1, 0.15) is 0 Å². The molecule has 2 aromatic heterocycles. The van der Waals surface area contributed by atoms with Crippen molar-refractivity contribution in [3.05, 3.63) is 60.4 Å². The van der Waals surface area contributed by atoms with Gasteiger partial charge in [-0.05, 0) is 30.3 Å². The summed E-state index contributed by atoms with van der Waals surface area (Å²) in [5.74, 6) is -0.292. The molecule has 0 amide bonds. The Hall–Kier alpha value is -2.81. The zero-order valence-corrected chi connectivity index (χ0v) is 10.9. The second kappa shape index (κ2) is 3.64. The van der Waals surface area contributed by atoms with Crippen molar-refractivity contribution >= 4 is 43.9 Å². The molecule has 5 aromatic rings. The maximum atomic E-state index is 14.2. The molecule has 2 heterocycles. The normalized spacial score (nSPS) is 12.0. The van der Waals surface area contributed by atoms with E-state index in [1.54, 1.807) is 12.1 Å². The largest absolute Gasteiger partial charge is 0.456 e. The highest BCUT2D eigenvalue weighted by atomic mass is 19.1. The predicted octanol–water partition coefficient (Wildman–Crippen LogP) is 5.62. The maximum Gasteiger partial charge on any atom is 0.147 e. The Morgan fingerprint density at radius 2 is 1.43 bits per heavy atom. The quantitative estimate of drug-likeness (QED) is 0.366. The molecule has 0 fully saturated rings. The van der Waals surface area contributed by atoms with Gasteiger partial charge in [0.15, 0.2) is 0 Å². The summed E-state index contributed by atoms with van der Waals surface area (Å²) < 4.78 is 25.9. The summed E-state index contributed by atoms with van der Waals surface area (Å²) >= 11 is 0. The summed E-state index contributed by atoms with van der Waals surface area (Å²) in [5.41, 5.74) is 2.66. The molecule has 0 saturated carbocycles. The van der Waals surface area contributed by atoms with Gasteiger partial charge in [-0.3, -0.25) is 0 Å². The van der Waals surface area contributed by atoms with Crippen LogP contribution in [0.25, 0.3) is 43.9 Å². The van der Waals surface area contributed by atoms with Crippen molar-refractivity contribution in [3.8, 4) is 0 Å². The molecule has 0 bridgehead atoms. The van der Waals surface area contributed by atoms with Crippen LogP contribution in [-0.4, -0.2) is 0 Å². The third kappa shape index (κ3) is 1.30. The van der Waals surface area contributed by atoms with E-state index in [4.69, 9.17) is 8.83 Å². The second-order valence-corrected chi connectivity index (χ2v) is 5.13. The summed E-state index contributed by atoms with van der Waals surface area (Å²) in [6.45, 7) is 0. The molecule has 0 N–H and O–H groups in total. The van der Waals surface area contributed by atoms with Crippen LogP contribution in [0.2, 0.25) is 0 Å². The van der Waals surface area contributed by atoms with Gasteiger partial charge in [-0.15, -0.1) is 0 Å². The molecular formula is C18H9FO2. The third-order valence-corrected chi connectivity index (χ3v) is 3.95. The molecule has 0 unspecified atom stereocenters. The van der Waals surface area contributed by atoms with E-state index >= 15 is 0 Å². The number of benzene rings is 3. The Bertz CT molecular complexity index is 1150. The lowest BCUT2D eigenvalue weighted by atomic mass is 10.1. The summed E-state index contributed by atoms with van der Waals surface area (Å²) in [6, 6.07) is 16.5. The number of para-hydroxylation sites is 1. The minimum absolute atomic E-state index is 0.292. The minimum Gasteiger partial charge on any atom is -0.456 e. The van der Waals surface area contributed by atoms with Crippen LogP contribution in [-0.2, 0) is 0 Å². The number of halogens is 1. The summed E-state index contributed by atoms with van der Waals surface area (Å²) in [5, 5.41) is 3.19. The average molecular weight is 276 g/mol. The van der Waals surface area contributed by atoms with Gasteiger partial charge < -0.3 is 8.83 Å².